The van der Waals surface area contributed by atoms with Crippen LogP contribution in [-0.2, 0) is 9.53 Å². The minimum absolute atomic E-state index is 0.305. The van der Waals surface area contributed by atoms with Crippen molar-refractivity contribution in [1.82, 2.24) is 5.32 Å². The quantitative estimate of drug-likeness (QED) is 0.867. The minimum atomic E-state index is -0.353. The van der Waals surface area contributed by atoms with Crippen LogP contribution in [0.3, 0.4) is 0 Å². The predicted molar refractivity (Wildman–Crippen MR) is 77.7 cm³/mol. The van der Waals surface area contributed by atoms with Crippen LogP contribution in [0.2, 0.25) is 0 Å². The van der Waals surface area contributed by atoms with Crippen molar-refractivity contribution < 1.29 is 9.53 Å². The van der Waals surface area contributed by atoms with Gasteiger partial charge in [-0.15, -0.1) is 0 Å². The molecule has 3 nitrogen and oxygen atoms in total. The first-order valence-corrected chi connectivity index (χ1v) is 6.54. The van der Waals surface area contributed by atoms with E-state index in [4.69, 9.17) is 4.74 Å². The third kappa shape index (κ3) is 2.07. The Morgan fingerprint density at radius 2 is 1.55 bits per heavy atom. The van der Waals surface area contributed by atoms with Crippen molar-refractivity contribution in [3.8, 4) is 0 Å². The number of ether oxygens (including phenoxy) is 1. The molecule has 0 saturated carbocycles. The number of likely N-dealkylation sites (N-methyl/N-ethyl adjacent to an activating group) is 1. The summed E-state index contributed by atoms with van der Waals surface area (Å²) >= 11 is 0. The molecule has 0 fully saturated rings. The van der Waals surface area contributed by atoms with Gasteiger partial charge in [-0.1, -0.05) is 60.7 Å². The summed E-state index contributed by atoms with van der Waals surface area (Å²) in [4.78, 5) is 12.0. The lowest BCUT2D eigenvalue weighted by Crippen LogP contribution is -2.13. The summed E-state index contributed by atoms with van der Waals surface area (Å²) in [6.07, 6.45) is -0.353. The Morgan fingerprint density at radius 3 is 2.15 bits per heavy atom. The molecule has 2 aromatic carbocycles. The topological polar surface area (TPSA) is 38.3 Å². The van der Waals surface area contributed by atoms with Crippen LogP contribution in [0.5, 0.6) is 0 Å². The van der Waals surface area contributed by atoms with E-state index in [9.17, 15) is 4.79 Å². The van der Waals surface area contributed by atoms with Gasteiger partial charge >= 0.3 is 5.97 Å². The lowest BCUT2D eigenvalue weighted by molar-refractivity contribution is -0.140. The van der Waals surface area contributed by atoms with E-state index < -0.39 is 0 Å². The third-order valence-corrected chi connectivity index (χ3v) is 3.40. The van der Waals surface area contributed by atoms with E-state index in [-0.39, 0.29) is 12.1 Å². The maximum Gasteiger partial charge on any atom is 0.355 e. The van der Waals surface area contributed by atoms with E-state index in [1.54, 1.807) is 7.05 Å². The third-order valence-electron chi connectivity index (χ3n) is 3.40. The standard InChI is InChI=1S/C17H15NO2/c1-18-15-14(12-8-4-2-5-9-12)16(20-17(15)19)13-10-6-3-7-11-13/h2-11,16,18H,1H3. The highest BCUT2D eigenvalue weighted by molar-refractivity contribution is 6.02. The average molecular weight is 265 g/mol. The van der Waals surface area contributed by atoms with Gasteiger partial charge in [0.2, 0.25) is 0 Å². The van der Waals surface area contributed by atoms with Crippen LogP contribution in [0.25, 0.3) is 5.57 Å². The molecule has 2 aromatic rings. The molecule has 20 heavy (non-hydrogen) atoms. The van der Waals surface area contributed by atoms with E-state index in [2.05, 4.69) is 5.32 Å². The van der Waals surface area contributed by atoms with Gasteiger partial charge in [0.25, 0.3) is 0 Å². The second-order valence-corrected chi connectivity index (χ2v) is 4.60. The molecule has 1 unspecified atom stereocenters. The van der Waals surface area contributed by atoms with Crippen LogP contribution in [0.4, 0.5) is 0 Å². The van der Waals surface area contributed by atoms with Crippen molar-refractivity contribution in [2.45, 2.75) is 6.10 Å². The molecule has 3 heteroatoms. The molecule has 0 aromatic heterocycles. The number of carbonyl (C=O) groups excluding carboxylic acids is 1. The van der Waals surface area contributed by atoms with Gasteiger partial charge in [0.1, 0.15) is 5.70 Å². The molecule has 3 rings (SSSR count). The van der Waals surface area contributed by atoms with Crippen molar-refractivity contribution in [2.24, 2.45) is 0 Å². The smallest absolute Gasteiger partial charge is 0.355 e. The summed E-state index contributed by atoms with van der Waals surface area (Å²) in [7, 11) is 1.74. The van der Waals surface area contributed by atoms with Crippen LogP contribution in [0.1, 0.15) is 17.2 Å². The first kappa shape index (κ1) is 12.5. The number of nitrogens with one attached hydrogen (secondary N) is 1. The molecule has 0 radical (unpaired) electrons. The maximum absolute atomic E-state index is 12.0. The Hall–Kier alpha value is -2.55. The van der Waals surface area contributed by atoms with Crippen LogP contribution in [0.15, 0.2) is 66.4 Å². The van der Waals surface area contributed by atoms with Crippen molar-refractivity contribution in [1.29, 1.82) is 0 Å². The van der Waals surface area contributed by atoms with E-state index in [1.165, 1.54) is 0 Å². The molecule has 1 N–H and O–H groups in total. The SMILES string of the molecule is CNC1=C(c2ccccc2)C(c2ccccc2)OC1=O. The zero-order valence-corrected chi connectivity index (χ0v) is 11.2. The zero-order chi connectivity index (χ0) is 13.9. The number of cyclic esters (lactones) is 1. The molecular weight excluding hydrogens is 250 g/mol. The molecular formula is C17H15NO2. The van der Waals surface area contributed by atoms with Crippen molar-refractivity contribution in [2.75, 3.05) is 7.05 Å². The predicted octanol–water partition coefficient (Wildman–Crippen LogP) is 2.92. The number of hydrogen-bond donors (Lipinski definition) is 1. The normalized spacial score (nSPS) is 18.1. The van der Waals surface area contributed by atoms with Crippen LogP contribution >= 0.6 is 0 Å². The van der Waals surface area contributed by atoms with Crippen LogP contribution in [-0.4, -0.2) is 13.0 Å². The maximum atomic E-state index is 12.0. The summed E-state index contributed by atoms with van der Waals surface area (Å²) in [5, 5.41) is 2.97. The van der Waals surface area contributed by atoms with Gasteiger partial charge in [-0.05, 0) is 11.1 Å². The van der Waals surface area contributed by atoms with E-state index in [0.717, 1.165) is 16.7 Å². The Kier molecular flexibility index (Phi) is 3.25. The van der Waals surface area contributed by atoms with Gasteiger partial charge in [-0.25, -0.2) is 4.79 Å². The summed E-state index contributed by atoms with van der Waals surface area (Å²) in [6.45, 7) is 0. The number of benzene rings is 2. The highest BCUT2D eigenvalue weighted by Gasteiger charge is 2.35. The lowest BCUT2D eigenvalue weighted by atomic mass is 9.95. The number of carbonyl (C=O) groups is 1. The van der Waals surface area contributed by atoms with E-state index >= 15 is 0 Å². The molecule has 0 amide bonds. The second-order valence-electron chi connectivity index (χ2n) is 4.60. The highest BCUT2D eigenvalue weighted by atomic mass is 16.5. The summed E-state index contributed by atoms with van der Waals surface area (Å²) in [6, 6.07) is 19.6. The van der Waals surface area contributed by atoms with Gasteiger partial charge in [0.05, 0.1) is 0 Å². The monoisotopic (exact) mass is 265 g/mol. The van der Waals surface area contributed by atoms with Gasteiger partial charge in [-0.3, -0.25) is 0 Å². The Bertz CT molecular complexity index is 647. The van der Waals surface area contributed by atoms with Gasteiger partial charge in [0, 0.05) is 12.6 Å². The first-order chi connectivity index (χ1) is 9.81. The number of rotatable bonds is 3. The molecule has 0 bridgehead atoms. The number of esters is 1. The Morgan fingerprint density at radius 1 is 0.950 bits per heavy atom. The molecule has 1 atom stereocenters. The van der Waals surface area contributed by atoms with E-state index in [1.807, 2.05) is 60.7 Å². The fraction of sp³-hybridized carbons (Fsp3) is 0.118. The Labute approximate surface area is 117 Å². The molecule has 1 heterocycles. The molecule has 0 spiro atoms. The average Bonchev–Trinajstić information content (AvgIpc) is 2.85. The molecule has 0 aliphatic carbocycles. The number of hydrogen-bond acceptors (Lipinski definition) is 3. The van der Waals surface area contributed by atoms with Crippen LogP contribution < -0.4 is 5.32 Å². The summed E-state index contributed by atoms with van der Waals surface area (Å²) in [5.74, 6) is -0.305. The second kappa shape index (κ2) is 5.21. The van der Waals surface area contributed by atoms with Gasteiger partial charge < -0.3 is 10.1 Å². The summed E-state index contributed by atoms with van der Waals surface area (Å²) < 4.78 is 5.54. The molecule has 1 aliphatic rings. The van der Waals surface area contributed by atoms with Crippen molar-refractivity contribution >= 4 is 11.5 Å². The fourth-order valence-corrected chi connectivity index (χ4v) is 2.48. The summed E-state index contributed by atoms with van der Waals surface area (Å²) in [5.41, 5.74) is 3.40. The van der Waals surface area contributed by atoms with E-state index in [0.29, 0.717) is 5.70 Å². The Balaban J connectivity index is 2.13. The van der Waals surface area contributed by atoms with Crippen LogP contribution in [0, 0.1) is 0 Å². The van der Waals surface area contributed by atoms with Crippen molar-refractivity contribution in [3.05, 3.63) is 77.5 Å². The fourth-order valence-electron chi connectivity index (χ4n) is 2.48. The molecule has 0 saturated heterocycles. The molecule has 1 aliphatic heterocycles. The highest BCUT2D eigenvalue weighted by Crippen LogP contribution is 2.40. The van der Waals surface area contributed by atoms with Gasteiger partial charge in [-0.2, -0.15) is 0 Å². The van der Waals surface area contributed by atoms with Gasteiger partial charge in [0.15, 0.2) is 6.10 Å². The van der Waals surface area contributed by atoms with Crippen molar-refractivity contribution in [3.63, 3.8) is 0 Å². The first-order valence-electron chi connectivity index (χ1n) is 6.54. The molecule has 100 valence electrons. The zero-order valence-electron chi connectivity index (χ0n) is 11.2. The largest absolute Gasteiger partial charge is 0.448 e. The lowest BCUT2D eigenvalue weighted by Gasteiger charge is -2.14. The minimum Gasteiger partial charge on any atom is -0.448 e.